The monoisotopic (exact) mass is 264 g/mol. The van der Waals surface area contributed by atoms with Gasteiger partial charge in [-0.25, -0.2) is 4.98 Å². The molecule has 0 aliphatic rings. The van der Waals surface area contributed by atoms with E-state index in [1.165, 1.54) is 21.2 Å². The van der Waals surface area contributed by atoms with E-state index < -0.39 is 0 Å². The number of nitrogens with zero attached hydrogens (tertiary/aromatic N) is 2. The van der Waals surface area contributed by atoms with Gasteiger partial charge in [0.1, 0.15) is 0 Å². The Hall–Kier alpha value is -2.13. The van der Waals surface area contributed by atoms with Gasteiger partial charge in [-0.15, -0.1) is 0 Å². The predicted molar refractivity (Wildman–Crippen MR) is 81.2 cm³/mol. The van der Waals surface area contributed by atoms with Gasteiger partial charge in [-0.05, 0) is 30.7 Å². The summed E-state index contributed by atoms with van der Waals surface area (Å²) in [5.41, 5.74) is 3.58. The van der Waals surface area contributed by atoms with Crippen molar-refractivity contribution in [1.29, 1.82) is 0 Å². The lowest BCUT2D eigenvalue weighted by Crippen LogP contribution is -1.89. The molecule has 4 rings (SSSR count). The summed E-state index contributed by atoms with van der Waals surface area (Å²) in [6.07, 6.45) is 2.17. The third kappa shape index (κ3) is 1.59. The highest BCUT2D eigenvalue weighted by molar-refractivity contribution is 7.20. The Morgan fingerprint density at radius 1 is 1.00 bits per heavy atom. The van der Waals surface area contributed by atoms with E-state index >= 15 is 0 Å². The second-order valence-electron chi connectivity index (χ2n) is 4.66. The van der Waals surface area contributed by atoms with Crippen molar-refractivity contribution in [2.75, 3.05) is 0 Å². The average molecular weight is 264 g/mol. The summed E-state index contributed by atoms with van der Waals surface area (Å²) >= 11 is 1.73. The second-order valence-corrected chi connectivity index (χ2v) is 5.67. The number of thiazole rings is 1. The Labute approximate surface area is 114 Å². The summed E-state index contributed by atoms with van der Waals surface area (Å²) < 4.78 is 3.42. The van der Waals surface area contributed by atoms with Crippen LogP contribution in [0.5, 0.6) is 0 Å². The Morgan fingerprint density at radius 3 is 2.68 bits per heavy atom. The fourth-order valence-electron chi connectivity index (χ4n) is 2.47. The highest BCUT2D eigenvalue weighted by atomic mass is 32.1. The molecule has 19 heavy (non-hydrogen) atoms. The number of aryl methyl sites for hydroxylation is 1. The second kappa shape index (κ2) is 3.93. The number of fused-ring (bicyclic) bond motifs is 2. The summed E-state index contributed by atoms with van der Waals surface area (Å²) in [5.74, 6) is 0. The van der Waals surface area contributed by atoms with Gasteiger partial charge in [0.15, 0.2) is 5.13 Å². The number of para-hydroxylation sites is 2. The quantitative estimate of drug-likeness (QED) is 0.493. The van der Waals surface area contributed by atoms with E-state index in [1.54, 1.807) is 11.3 Å². The summed E-state index contributed by atoms with van der Waals surface area (Å²) in [5, 5.41) is 2.33. The standard InChI is InChI=1S/C16H12N2S/c1-11-10-18(14-8-4-2-6-12(11)14)16-17-13-7-3-5-9-15(13)19-16/h2-10H,1H3. The van der Waals surface area contributed by atoms with Crippen molar-refractivity contribution in [3.05, 3.63) is 60.3 Å². The zero-order valence-corrected chi connectivity index (χ0v) is 11.3. The van der Waals surface area contributed by atoms with Crippen molar-refractivity contribution < 1.29 is 0 Å². The van der Waals surface area contributed by atoms with Crippen LogP contribution in [0.3, 0.4) is 0 Å². The summed E-state index contributed by atoms with van der Waals surface area (Å²) in [4.78, 5) is 4.73. The number of hydrogen-bond donors (Lipinski definition) is 0. The normalized spacial score (nSPS) is 11.4. The first-order valence-corrected chi connectivity index (χ1v) is 7.07. The van der Waals surface area contributed by atoms with Gasteiger partial charge in [-0.3, -0.25) is 4.57 Å². The largest absolute Gasteiger partial charge is 0.292 e. The molecule has 0 unspecified atom stereocenters. The van der Waals surface area contributed by atoms with Crippen molar-refractivity contribution in [2.24, 2.45) is 0 Å². The van der Waals surface area contributed by atoms with Gasteiger partial charge in [0.05, 0.1) is 15.7 Å². The molecule has 0 N–H and O–H groups in total. The number of hydrogen-bond acceptors (Lipinski definition) is 2. The maximum atomic E-state index is 4.73. The van der Waals surface area contributed by atoms with Crippen LogP contribution < -0.4 is 0 Å². The van der Waals surface area contributed by atoms with Crippen molar-refractivity contribution >= 4 is 32.5 Å². The number of benzene rings is 2. The third-order valence-corrected chi connectivity index (χ3v) is 4.44. The molecular formula is C16H12N2S. The van der Waals surface area contributed by atoms with E-state index in [0.717, 1.165) is 10.6 Å². The Kier molecular flexibility index (Phi) is 2.23. The minimum Gasteiger partial charge on any atom is -0.292 e. The van der Waals surface area contributed by atoms with E-state index in [2.05, 4.69) is 60.2 Å². The van der Waals surface area contributed by atoms with Crippen molar-refractivity contribution in [2.45, 2.75) is 6.92 Å². The highest BCUT2D eigenvalue weighted by Gasteiger charge is 2.10. The zero-order valence-electron chi connectivity index (χ0n) is 10.5. The Bertz CT molecular complexity index is 853. The van der Waals surface area contributed by atoms with Crippen LogP contribution in [0.25, 0.3) is 26.3 Å². The summed E-state index contributed by atoms with van der Waals surface area (Å²) in [6.45, 7) is 2.14. The molecule has 0 amide bonds. The molecule has 2 aromatic heterocycles. The Balaban J connectivity index is 2.04. The molecule has 2 nitrogen and oxygen atoms in total. The van der Waals surface area contributed by atoms with E-state index in [9.17, 15) is 0 Å². The summed E-state index contributed by atoms with van der Waals surface area (Å²) in [7, 11) is 0. The molecule has 0 saturated heterocycles. The van der Waals surface area contributed by atoms with Gasteiger partial charge in [0.25, 0.3) is 0 Å². The summed E-state index contributed by atoms with van der Waals surface area (Å²) in [6, 6.07) is 16.7. The van der Waals surface area contributed by atoms with Gasteiger partial charge < -0.3 is 0 Å². The van der Waals surface area contributed by atoms with Crippen LogP contribution in [0.4, 0.5) is 0 Å². The molecule has 0 radical (unpaired) electrons. The molecule has 0 atom stereocenters. The van der Waals surface area contributed by atoms with Crippen LogP contribution in [0.15, 0.2) is 54.7 Å². The van der Waals surface area contributed by atoms with Crippen LogP contribution in [0.2, 0.25) is 0 Å². The first-order valence-electron chi connectivity index (χ1n) is 6.25. The highest BCUT2D eigenvalue weighted by Crippen LogP contribution is 2.29. The van der Waals surface area contributed by atoms with E-state index in [4.69, 9.17) is 4.98 Å². The van der Waals surface area contributed by atoms with Crippen LogP contribution in [-0.4, -0.2) is 9.55 Å². The zero-order chi connectivity index (χ0) is 12.8. The van der Waals surface area contributed by atoms with Crippen molar-refractivity contribution in [3.8, 4) is 5.13 Å². The molecule has 2 heterocycles. The first kappa shape index (κ1) is 10.8. The molecule has 0 spiro atoms. The van der Waals surface area contributed by atoms with Crippen LogP contribution >= 0.6 is 11.3 Å². The minimum absolute atomic E-state index is 1.03. The topological polar surface area (TPSA) is 17.8 Å². The van der Waals surface area contributed by atoms with Crippen molar-refractivity contribution in [1.82, 2.24) is 9.55 Å². The number of rotatable bonds is 1. The fraction of sp³-hybridized carbons (Fsp3) is 0.0625. The molecular weight excluding hydrogens is 252 g/mol. The van der Waals surface area contributed by atoms with Gasteiger partial charge in [-0.2, -0.15) is 0 Å². The van der Waals surface area contributed by atoms with Crippen LogP contribution in [0.1, 0.15) is 5.56 Å². The van der Waals surface area contributed by atoms with Gasteiger partial charge in [0, 0.05) is 11.6 Å². The van der Waals surface area contributed by atoms with Gasteiger partial charge in [-0.1, -0.05) is 41.7 Å². The molecule has 2 aromatic carbocycles. The number of aromatic nitrogens is 2. The van der Waals surface area contributed by atoms with Crippen LogP contribution in [0, 0.1) is 6.92 Å². The molecule has 92 valence electrons. The SMILES string of the molecule is Cc1cn(-c2nc3ccccc3s2)c2ccccc12. The predicted octanol–water partition coefficient (Wildman–Crippen LogP) is 4.55. The maximum Gasteiger partial charge on any atom is 0.195 e. The lowest BCUT2D eigenvalue weighted by atomic mass is 10.2. The minimum atomic E-state index is 1.03. The molecule has 0 saturated carbocycles. The fourth-order valence-corrected chi connectivity index (χ4v) is 3.43. The van der Waals surface area contributed by atoms with Crippen LogP contribution in [-0.2, 0) is 0 Å². The molecule has 4 aromatic rings. The smallest absolute Gasteiger partial charge is 0.195 e. The van der Waals surface area contributed by atoms with E-state index in [1.807, 2.05) is 6.07 Å². The van der Waals surface area contributed by atoms with Gasteiger partial charge in [0.2, 0.25) is 0 Å². The molecule has 0 aliphatic heterocycles. The lowest BCUT2D eigenvalue weighted by Gasteiger charge is -1.98. The van der Waals surface area contributed by atoms with Crippen molar-refractivity contribution in [3.63, 3.8) is 0 Å². The van der Waals surface area contributed by atoms with E-state index in [-0.39, 0.29) is 0 Å². The van der Waals surface area contributed by atoms with Gasteiger partial charge >= 0.3 is 0 Å². The molecule has 0 fully saturated rings. The molecule has 3 heteroatoms. The third-order valence-electron chi connectivity index (χ3n) is 3.40. The first-order chi connectivity index (χ1) is 9.33. The molecule has 0 bridgehead atoms. The average Bonchev–Trinajstić information content (AvgIpc) is 3.01. The van der Waals surface area contributed by atoms with E-state index in [0.29, 0.717) is 0 Å². The Morgan fingerprint density at radius 2 is 1.79 bits per heavy atom. The molecule has 0 aliphatic carbocycles. The maximum absolute atomic E-state index is 4.73. The lowest BCUT2D eigenvalue weighted by molar-refractivity contribution is 1.09.